The van der Waals surface area contributed by atoms with Gasteiger partial charge in [-0.2, -0.15) is 5.10 Å². The molecular weight excluding hydrogens is 428 g/mol. The fourth-order valence-corrected chi connectivity index (χ4v) is 8.70. The third-order valence-electron chi connectivity index (χ3n) is 10.5. The maximum atomic E-state index is 12.6. The molecule has 3 saturated carbocycles. The van der Waals surface area contributed by atoms with Crippen LogP contribution in [0.1, 0.15) is 89.8 Å². The first-order chi connectivity index (χ1) is 16.2. The number of rotatable bonds is 7. The first-order valence-corrected chi connectivity index (χ1v) is 13.5. The van der Waals surface area contributed by atoms with Crippen molar-refractivity contribution in [1.29, 1.82) is 0 Å². The molecule has 0 aliphatic heterocycles. The van der Waals surface area contributed by atoms with Crippen molar-refractivity contribution in [2.24, 2.45) is 28.6 Å². The topological polar surface area (TPSA) is 95.6 Å². The smallest absolute Gasteiger partial charge is 0.190 e. The SMILES string of the molecule is CCCCCCn1ncc2c1C=C1CC[C@@H]3[C@H]([C@@H](O)C[C@@]4(C)[C@H]3CC[C@]4(O)C(=O)CO)[C@@]1(C)C2. The predicted molar refractivity (Wildman–Crippen MR) is 131 cm³/mol. The maximum absolute atomic E-state index is 12.6. The number of aliphatic hydroxyl groups excluding tert-OH is 2. The Kier molecular flexibility index (Phi) is 6.10. The van der Waals surface area contributed by atoms with E-state index in [0.29, 0.717) is 12.8 Å². The Bertz CT molecular complexity index is 985. The summed E-state index contributed by atoms with van der Waals surface area (Å²) < 4.78 is 2.18. The van der Waals surface area contributed by atoms with Crippen LogP contribution in [0.4, 0.5) is 0 Å². The molecule has 0 unspecified atom stereocenters. The molecule has 0 bridgehead atoms. The van der Waals surface area contributed by atoms with Gasteiger partial charge >= 0.3 is 0 Å². The standard InChI is InChI=1S/C28H42N2O4/c1-4-5-6-7-12-30-22-13-19-8-9-20-21-10-11-28(34,24(33)17-31)27(21,3)15-23(32)25(20)26(19,2)14-18(22)16-29-30/h13,16,20-21,23,25,31-32,34H,4-12,14-15,17H2,1-3H3/t20-,21-,23-,25+,26-,27-,28-/m0/s1. The highest BCUT2D eigenvalue weighted by atomic mass is 16.3. The van der Waals surface area contributed by atoms with Crippen LogP contribution in [0, 0.1) is 28.6 Å². The quantitative estimate of drug-likeness (QED) is 0.525. The van der Waals surface area contributed by atoms with Gasteiger partial charge in [-0.3, -0.25) is 9.48 Å². The molecule has 6 nitrogen and oxygen atoms in total. The Morgan fingerprint density at radius 3 is 2.76 bits per heavy atom. The molecule has 0 radical (unpaired) electrons. The lowest BCUT2D eigenvalue weighted by molar-refractivity contribution is -0.181. The predicted octanol–water partition coefficient (Wildman–Crippen LogP) is 3.91. The van der Waals surface area contributed by atoms with Gasteiger partial charge in [0.15, 0.2) is 5.78 Å². The molecule has 1 heterocycles. The van der Waals surface area contributed by atoms with Crippen LogP contribution >= 0.6 is 0 Å². The van der Waals surface area contributed by atoms with Crippen LogP contribution in [-0.4, -0.2) is 49.2 Å². The Morgan fingerprint density at radius 1 is 1.24 bits per heavy atom. The van der Waals surface area contributed by atoms with Gasteiger partial charge in [-0.25, -0.2) is 0 Å². The van der Waals surface area contributed by atoms with Crippen molar-refractivity contribution in [3.05, 3.63) is 23.0 Å². The highest BCUT2D eigenvalue weighted by Gasteiger charge is 2.68. The number of carbonyl (C=O) groups is 1. The minimum atomic E-state index is -1.53. The second kappa shape index (κ2) is 8.56. The van der Waals surface area contributed by atoms with Gasteiger partial charge in [0.05, 0.1) is 18.0 Å². The van der Waals surface area contributed by atoms with Gasteiger partial charge in [0, 0.05) is 12.0 Å². The molecule has 0 amide bonds. The first-order valence-electron chi connectivity index (χ1n) is 13.5. The number of Topliss-reactive ketones (excluding diaryl/α,β-unsaturated/α-hetero) is 1. The zero-order valence-corrected chi connectivity index (χ0v) is 21.1. The minimum absolute atomic E-state index is 0.109. The number of ketones is 1. The van der Waals surface area contributed by atoms with Crippen molar-refractivity contribution < 1.29 is 20.1 Å². The van der Waals surface area contributed by atoms with Crippen molar-refractivity contribution in [1.82, 2.24) is 9.78 Å². The Hall–Kier alpha value is -1.50. The summed E-state index contributed by atoms with van der Waals surface area (Å²) in [5, 5.41) is 37.3. The van der Waals surface area contributed by atoms with Gasteiger partial charge in [-0.15, -0.1) is 0 Å². The molecule has 3 fully saturated rings. The number of hydrogen-bond acceptors (Lipinski definition) is 5. The van der Waals surface area contributed by atoms with E-state index < -0.39 is 29.5 Å². The molecule has 5 rings (SSSR count). The molecule has 34 heavy (non-hydrogen) atoms. The highest BCUT2D eigenvalue weighted by Crippen LogP contribution is 2.67. The van der Waals surface area contributed by atoms with Crippen LogP contribution in [0.2, 0.25) is 0 Å². The Balaban J connectivity index is 1.43. The largest absolute Gasteiger partial charge is 0.393 e. The highest BCUT2D eigenvalue weighted by molar-refractivity contribution is 5.89. The molecule has 4 aliphatic rings. The summed E-state index contributed by atoms with van der Waals surface area (Å²) in [5.74, 6) is 0.0714. The summed E-state index contributed by atoms with van der Waals surface area (Å²) in [7, 11) is 0. The van der Waals surface area contributed by atoms with Crippen molar-refractivity contribution >= 4 is 11.9 Å². The van der Waals surface area contributed by atoms with Crippen LogP contribution in [-0.2, 0) is 17.8 Å². The van der Waals surface area contributed by atoms with E-state index in [9.17, 15) is 20.1 Å². The molecule has 1 aromatic rings. The van der Waals surface area contributed by atoms with Gasteiger partial charge in [-0.05, 0) is 79.8 Å². The van der Waals surface area contributed by atoms with E-state index in [1.807, 2.05) is 13.1 Å². The average Bonchev–Trinajstić information content (AvgIpc) is 3.31. The molecule has 0 aromatic carbocycles. The number of hydrogen-bond donors (Lipinski definition) is 3. The molecule has 7 atom stereocenters. The van der Waals surface area contributed by atoms with Gasteiger partial charge in [-0.1, -0.05) is 45.6 Å². The minimum Gasteiger partial charge on any atom is -0.393 e. The summed E-state index contributed by atoms with van der Waals surface area (Å²) in [6.07, 6.45) is 13.1. The number of fused-ring (bicyclic) bond motifs is 6. The molecule has 0 saturated heterocycles. The van der Waals surface area contributed by atoms with Crippen LogP contribution in [0.25, 0.3) is 6.08 Å². The van der Waals surface area contributed by atoms with E-state index >= 15 is 0 Å². The van der Waals surface area contributed by atoms with Crippen LogP contribution in [0.5, 0.6) is 0 Å². The first kappa shape index (κ1) is 24.2. The summed E-state index contributed by atoms with van der Waals surface area (Å²) in [6.45, 7) is 6.85. The zero-order chi connectivity index (χ0) is 24.3. The molecule has 3 N–H and O–H groups in total. The van der Waals surface area contributed by atoms with Crippen LogP contribution in [0.3, 0.4) is 0 Å². The molecular formula is C28H42N2O4. The van der Waals surface area contributed by atoms with Crippen LogP contribution in [0.15, 0.2) is 11.8 Å². The third-order valence-corrected chi connectivity index (χ3v) is 10.5. The summed E-state index contributed by atoms with van der Waals surface area (Å²) >= 11 is 0. The molecule has 0 spiro atoms. The van der Waals surface area contributed by atoms with Crippen molar-refractivity contribution in [2.45, 2.75) is 103 Å². The second-order valence-electron chi connectivity index (χ2n) is 12.1. The molecule has 6 heteroatoms. The molecule has 4 aliphatic carbocycles. The monoisotopic (exact) mass is 470 g/mol. The summed E-state index contributed by atoms with van der Waals surface area (Å²) in [4.78, 5) is 12.6. The van der Waals surface area contributed by atoms with Crippen molar-refractivity contribution in [2.75, 3.05) is 6.61 Å². The number of unbranched alkanes of at least 4 members (excludes halogenated alkanes) is 3. The van der Waals surface area contributed by atoms with E-state index in [-0.39, 0.29) is 23.2 Å². The third kappa shape index (κ3) is 3.31. The van der Waals surface area contributed by atoms with Crippen LogP contribution < -0.4 is 0 Å². The number of allylic oxidation sites excluding steroid dienone is 1. The summed E-state index contributed by atoms with van der Waals surface area (Å²) in [5.41, 5.74) is 1.61. The van der Waals surface area contributed by atoms with Gasteiger partial charge in [0.2, 0.25) is 0 Å². The lowest BCUT2D eigenvalue weighted by Gasteiger charge is -2.60. The normalized spacial score (nSPS) is 40.7. The van der Waals surface area contributed by atoms with Crippen molar-refractivity contribution in [3.8, 4) is 0 Å². The zero-order valence-electron chi connectivity index (χ0n) is 21.1. The lowest BCUT2D eigenvalue weighted by atomic mass is 9.45. The number of aromatic nitrogens is 2. The number of aryl methyl sites for hydroxylation is 1. The van der Waals surface area contributed by atoms with E-state index in [0.717, 1.165) is 38.6 Å². The van der Waals surface area contributed by atoms with Gasteiger partial charge < -0.3 is 15.3 Å². The summed E-state index contributed by atoms with van der Waals surface area (Å²) in [6, 6.07) is 0. The van der Waals surface area contributed by atoms with Gasteiger partial charge in [0.1, 0.15) is 12.2 Å². The number of carbonyl (C=O) groups excluding carboxylic acids is 1. The van der Waals surface area contributed by atoms with E-state index in [1.54, 1.807) is 0 Å². The number of nitrogens with zero attached hydrogens (tertiary/aromatic N) is 2. The van der Waals surface area contributed by atoms with E-state index in [2.05, 4.69) is 24.6 Å². The molecule has 1 aromatic heterocycles. The fraction of sp³-hybridized carbons (Fsp3) is 0.786. The van der Waals surface area contributed by atoms with Crippen molar-refractivity contribution in [3.63, 3.8) is 0 Å². The van der Waals surface area contributed by atoms with Gasteiger partial charge in [0.25, 0.3) is 0 Å². The lowest BCUT2D eigenvalue weighted by Crippen LogP contribution is -2.62. The average molecular weight is 471 g/mol. The molecule has 188 valence electrons. The van der Waals surface area contributed by atoms with E-state index in [1.165, 1.54) is 36.1 Å². The number of aliphatic hydroxyl groups is 3. The maximum Gasteiger partial charge on any atom is 0.190 e. The second-order valence-corrected chi connectivity index (χ2v) is 12.1. The Morgan fingerprint density at radius 2 is 2.03 bits per heavy atom. The Labute approximate surface area is 203 Å². The van der Waals surface area contributed by atoms with E-state index in [4.69, 9.17) is 5.10 Å². The fourth-order valence-electron chi connectivity index (χ4n) is 8.70.